The van der Waals surface area contributed by atoms with Crippen molar-refractivity contribution < 1.29 is 9.53 Å². The molecule has 1 amide bonds. The highest BCUT2D eigenvalue weighted by molar-refractivity contribution is 5.94. The third kappa shape index (κ3) is 5.03. The van der Waals surface area contributed by atoms with Gasteiger partial charge in [-0.2, -0.15) is 0 Å². The van der Waals surface area contributed by atoms with Crippen molar-refractivity contribution in [3.8, 4) is 11.5 Å². The second-order valence-corrected chi connectivity index (χ2v) is 6.47. The van der Waals surface area contributed by atoms with Crippen LogP contribution >= 0.6 is 0 Å². The van der Waals surface area contributed by atoms with E-state index in [1.807, 2.05) is 12.1 Å². The monoisotopic (exact) mass is 339 g/mol. The van der Waals surface area contributed by atoms with Crippen LogP contribution < -0.4 is 10.1 Å². The molecule has 0 saturated carbocycles. The Labute approximate surface area is 149 Å². The summed E-state index contributed by atoms with van der Waals surface area (Å²) in [7, 11) is 0. The molecular weight excluding hydrogens is 314 g/mol. The van der Waals surface area contributed by atoms with Gasteiger partial charge in [0, 0.05) is 24.3 Å². The smallest absolute Gasteiger partial charge is 0.251 e. The van der Waals surface area contributed by atoms with Gasteiger partial charge in [0.15, 0.2) is 0 Å². The lowest BCUT2D eigenvalue weighted by molar-refractivity contribution is 0.0930. The third-order valence-electron chi connectivity index (χ3n) is 4.56. The summed E-state index contributed by atoms with van der Waals surface area (Å²) in [5.74, 6) is 1.32. The summed E-state index contributed by atoms with van der Waals surface area (Å²) in [5.41, 5.74) is 0.643. The van der Waals surface area contributed by atoms with Gasteiger partial charge in [0.1, 0.15) is 11.5 Å². The Hall–Kier alpha value is -2.40. The lowest BCUT2D eigenvalue weighted by Crippen LogP contribution is -2.44. The predicted octanol–water partition coefficient (Wildman–Crippen LogP) is 3.48. The average Bonchev–Trinajstić information content (AvgIpc) is 2.68. The molecule has 5 heteroatoms. The lowest BCUT2D eigenvalue weighted by Gasteiger charge is -2.32. The van der Waals surface area contributed by atoms with Crippen LogP contribution in [0.2, 0.25) is 0 Å². The summed E-state index contributed by atoms with van der Waals surface area (Å²) in [5, 5.41) is 3.03. The molecule has 0 unspecified atom stereocenters. The van der Waals surface area contributed by atoms with Crippen LogP contribution in [0.3, 0.4) is 0 Å². The van der Waals surface area contributed by atoms with Crippen molar-refractivity contribution in [2.75, 3.05) is 19.6 Å². The van der Waals surface area contributed by atoms with Gasteiger partial charge in [-0.3, -0.25) is 14.7 Å². The van der Waals surface area contributed by atoms with Crippen molar-refractivity contribution in [1.29, 1.82) is 0 Å². The van der Waals surface area contributed by atoms with E-state index < -0.39 is 0 Å². The second kappa shape index (κ2) is 8.62. The van der Waals surface area contributed by atoms with E-state index in [2.05, 4.69) is 22.1 Å². The SMILES string of the molecule is C[C@H](CNC(=O)c1ccc(Oc2cccnc2)cc1)N1CCCCC1. The van der Waals surface area contributed by atoms with Crippen LogP contribution in [-0.2, 0) is 0 Å². The van der Waals surface area contributed by atoms with Gasteiger partial charge in [0.05, 0.1) is 6.20 Å². The number of hydrogen-bond acceptors (Lipinski definition) is 4. The molecule has 1 N–H and O–H groups in total. The van der Waals surface area contributed by atoms with Crippen molar-refractivity contribution >= 4 is 5.91 Å². The Morgan fingerprint density at radius 1 is 1.16 bits per heavy atom. The standard InChI is InChI=1S/C20H25N3O2/c1-16(23-12-3-2-4-13-23)14-22-20(24)17-7-9-18(10-8-17)25-19-6-5-11-21-15-19/h5-11,15-16H,2-4,12-14H2,1H3,(H,22,24)/t16-/m1/s1. The van der Waals surface area contributed by atoms with E-state index in [9.17, 15) is 4.79 Å². The van der Waals surface area contributed by atoms with Gasteiger partial charge in [-0.25, -0.2) is 0 Å². The summed E-state index contributed by atoms with van der Waals surface area (Å²) in [4.78, 5) is 18.8. The second-order valence-electron chi connectivity index (χ2n) is 6.47. The highest BCUT2D eigenvalue weighted by atomic mass is 16.5. The molecule has 1 fully saturated rings. The number of rotatable bonds is 6. The Bertz CT molecular complexity index is 667. The van der Waals surface area contributed by atoms with Gasteiger partial charge in [-0.15, -0.1) is 0 Å². The molecular formula is C20H25N3O2. The summed E-state index contributed by atoms with van der Waals surface area (Å²) in [6.07, 6.45) is 7.20. The zero-order valence-electron chi connectivity index (χ0n) is 14.6. The van der Waals surface area contributed by atoms with E-state index in [0.29, 0.717) is 29.6 Å². The van der Waals surface area contributed by atoms with E-state index in [1.54, 1.807) is 36.7 Å². The fourth-order valence-electron chi connectivity index (χ4n) is 3.05. The lowest BCUT2D eigenvalue weighted by atomic mass is 10.1. The van der Waals surface area contributed by atoms with Gasteiger partial charge < -0.3 is 10.1 Å². The number of aromatic nitrogens is 1. The number of hydrogen-bond donors (Lipinski definition) is 1. The summed E-state index contributed by atoms with van der Waals surface area (Å²) in [6.45, 7) is 5.12. The molecule has 5 nitrogen and oxygen atoms in total. The van der Waals surface area contributed by atoms with E-state index in [-0.39, 0.29) is 5.91 Å². The van der Waals surface area contributed by atoms with Crippen molar-refractivity contribution in [3.63, 3.8) is 0 Å². The molecule has 1 aromatic heterocycles. The number of carbonyl (C=O) groups is 1. The van der Waals surface area contributed by atoms with Gasteiger partial charge >= 0.3 is 0 Å². The van der Waals surface area contributed by atoms with Gasteiger partial charge in [-0.1, -0.05) is 6.42 Å². The summed E-state index contributed by atoms with van der Waals surface area (Å²) < 4.78 is 5.69. The first-order valence-electron chi connectivity index (χ1n) is 8.92. The van der Waals surface area contributed by atoms with Crippen LogP contribution in [0.4, 0.5) is 0 Å². The molecule has 0 aliphatic carbocycles. The Morgan fingerprint density at radius 3 is 2.60 bits per heavy atom. The van der Waals surface area contributed by atoms with E-state index in [1.165, 1.54) is 19.3 Å². The fourth-order valence-corrected chi connectivity index (χ4v) is 3.05. The number of carbonyl (C=O) groups excluding carboxylic acids is 1. The first-order chi connectivity index (χ1) is 12.2. The maximum Gasteiger partial charge on any atom is 0.251 e. The van der Waals surface area contributed by atoms with Crippen molar-refractivity contribution in [1.82, 2.24) is 15.2 Å². The minimum Gasteiger partial charge on any atom is -0.456 e. The summed E-state index contributed by atoms with van der Waals surface area (Å²) in [6, 6.07) is 11.2. The Balaban J connectivity index is 1.50. The number of amides is 1. The molecule has 1 aromatic carbocycles. The fraction of sp³-hybridized carbons (Fsp3) is 0.400. The van der Waals surface area contributed by atoms with Crippen LogP contribution in [0, 0.1) is 0 Å². The minimum atomic E-state index is -0.0446. The number of ether oxygens (including phenoxy) is 1. The van der Waals surface area contributed by atoms with Crippen LogP contribution in [0.15, 0.2) is 48.8 Å². The Morgan fingerprint density at radius 2 is 1.92 bits per heavy atom. The highest BCUT2D eigenvalue weighted by Crippen LogP contribution is 2.20. The van der Waals surface area contributed by atoms with Gasteiger partial charge in [0.25, 0.3) is 5.91 Å². The Kier molecular flexibility index (Phi) is 6.01. The number of nitrogens with zero attached hydrogens (tertiary/aromatic N) is 2. The first kappa shape index (κ1) is 17.4. The van der Waals surface area contributed by atoms with Gasteiger partial charge in [-0.05, 0) is 69.3 Å². The number of nitrogens with one attached hydrogen (secondary N) is 1. The number of likely N-dealkylation sites (tertiary alicyclic amines) is 1. The van der Waals surface area contributed by atoms with Crippen molar-refractivity contribution in [2.45, 2.75) is 32.2 Å². The van der Waals surface area contributed by atoms with E-state index in [0.717, 1.165) is 13.1 Å². The minimum absolute atomic E-state index is 0.0446. The van der Waals surface area contributed by atoms with E-state index in [4.69, 9.17) is 4.74 Å². The first-order valence-corrected chi connectivity index (χ1v) is 8.92. The number of piperidine rings is 1. The third-order valence-corrected chi connectivity index (χ3v) is 4.56. The van der Waals surface area contributed by atoms with Gasteiger partial charge in [0.2, 0.25) is 0 Å². The molecule has 132 valence electrons. The van der Waals surface area contributed by atoms with Crippen LogP contribution in [0.1, 0.15) is 36.5 Å². The molecule has 2 aromatic rings. The van der Waals surface area contributed by atoms with Crippen LogP contribution in [0.5, 0.6) is 11.5 Å². The van der Waals surface area contributed by atoms with E-state index >= 15 is 0 Å². The van der Waals surface area contributed by atoms with Crippen molar-refractivity contribution in [2.24, 2.45) is 0 Å². The topological polar surface area (TPSA) is 54.5 Å². The maximum absolute atomic E-state index is 12.3. The number of benzene rings is 1. The largest absolute Gasteiger partial charge is 0.456 e. The highest BCUT2D eigenvalue weighted by Gasteiger charge is 2.17. The zero-order chi connectivity index (χ0) is 17.5. The predicted molar refractivity (Wildman–Crippen MR) is 98.0 cm³/mol. The molecule has 1 aliphatic heterocycles. The quantitative estimate of drug-likeness (QED) is 0.875. The van der Waals surface area contributed by atoms with Crippen molar-refractivity contribution in [3.05, 3.63) is 54.4 Å². The summed E-state index contributed by atoms with van der Waals surface area (Å²) >= 11 is 0. The molecule has 1 saturated heterocycles. The molecule has 1 aliphatic rings. The van der Waals surface area contributed by atoms with Crippen LogP contribution in [-0.4, -0.2) is 41.5 Å². The molecule has 25 heavy (non-hydrogen) atoms. The average molecular weight is 339 g/mol. The molecule has 0 spiro atoms. The maximum atomic E-state index is 12.3. The molecule has 1 atom stereocenters. The number of pyridine rings is 1. The molecule has 3 rings (SSSR count). The van der Waals surface area contributed by atoms with Crippen LogP contribution in [0.25, 0.3) is 0 Å². The zero-order valence-corrected chi connectivity index (χ0v) is 14.6. The normalized spacial score (nSPS) is 16.2. The molecule has 0 radical (unpaired) electrons. The molecule has 0 bridgehead atoms. The molecule has 2 heterocycles.